The van der Waals surface area contributed by atoms with Gasteiger partial charge in [-0.05, 0) is 68.0 Å². The predicted molar refractivity (Wildman–Crippen MR) is 161 cm³/mol. The number of anilines is 1. The van der Waals surface area contributed by atoms with Gasteiger partial charge in [0.05, 0.1) is 10.6 Å². The Balaban J connectivity index is 2.07. The Bertz CT molecular complexity index is 1400. The van der Waals surface area contributed by atoms with E-state index < -0.39 is 28.5 Å². The summed E-state index contributed by atoms with van der Waals surface area (Å²) in [6, 6.07) is 20.7. The summed E-state index contributed by atoms with van der Waals surface area (Å²) in [5.74, 6) is -0.452. The zero-order chi connectivity index (χ0) is 29.4. The van der Waals surface area contributed by atoms with Crippen molar-refractivity contribution in [2.24, 2.45) is 5.92 Å². The third kappa shape index (κ3) is 7.50. The van der Waals surface area contributed by atoms with Crippen LogP contribution in [0.1, 0.15) is 49.4 Å². The molecule has 0 aromatic heterocycles. The molecule has 1 atom stereocenters. The quantitative estimate of drug-likeness (QED) is 0.320. The lowest BCUT2D eigenvalue weighted by atomic mass is 10.1. The van der Waals surface area contributed by atoms with Crippen molar-refractivity contribution in [3.05, 3.63) is 95.1 Å². The number of carbonyl (C=O) groups excluding carboxylic acids is 2. The third-order valence-corrected chi connectivity index (χ3v) is 8.77. The van der Waals surface area contributed by atoms with Crippen LogP contribution in [0.25, 0.3) is 0 Å². The molecular weight excluding hydrogens is 522 g/mol. The monoisotopic (exact) mass is 563 g/mol. The highest BCUT2D eigenvalue weighted by Gasteiger charge is 2.34. The second-order valence-corrected chi connectivity index (χ2v) is 12.5. The molecule has 0 heterocycles. The van der Waals surface area contributed by atoms with Gasteiger partial charge in [0.25, 0.3) is 10.0 Å². The molecule has 0 bridgehead atoms. The van der Waals surface area contributed by atoms with Crippen molar-refractivity contribution >= 4 is 27.5 Å². The first-order valence-corrected chi connectivity index (χ1v) is 15.2. The molecule has 3 aromatic rings. The minimum Gasteiger partial charge on any atom is -0.354 e. The zero-order valence-electron chi connectivity index (χ0n) is 24.3. The maximum Gasteiger partial charge on any atom is 0.264 e. The number of aryl methyl sites for hydroxylation is 2. The van der Waals surface area contributed by atoms with E-state index in [9.17, 15) is 18.0 Å². The Morgan fingerprint density at radius 2 is 1.52 bits per heavy atom. The summed E-state index contributed by atoms with van der Waals surface area (Å²) >= 11 is 0. The largest absolute Gasteiger partial charge is 0.354 e. The van der Waals surface area contributed by atoms with Crippen LogP contribution in [0, 0.1) is 26.7 Å². The van der Waals surface area contributed by atoms with E-state index in [4.69, 9.17) is 0 Å². The molecular formula is C32H41N3O4S. The number of rotatable bonds is 12. The molecule has 0 saturated carbocycles. The highest BCUT2D eigenvalue weighted by molar-refractivity contribution is 7.92. The number of hydrogen-bond donors (Lipinski definition) is 1. The van der Waals surface area contributed by atoms with Gasteiger partial charge in [-0.15, -0.1) is 0 Å². The summed E-state index contributed by atoms with van der Waals surface area (Å²) in [6.45, 7) is 11.7. The Hall–Kier alpha value is -3.65. The molecule has 0 unspecified atom stereocenters. The lowest BCUT2D eigenvalue weighted by Crippen LogP contribution is -2.52. The van der Waals surface area contributed by atoms with E-state index in [1.807, 2.05) is 77.9 Å². The van der Waals surface area contributed by atoms with Crippen molar-refractivity contribution in [2.75, 3.05) is 17.4 Å². The highest BCUT2D eigenvalue weighted by Crippen LogP contribution is 2.29. The first-order chi connectivity index (χ1) is 18.9. The molecule has 1 N–H and O–H groups in total. The molecule has 0 spiro atoms. The maximum absolute atomic E-state index is 14.1. The molecule has 0 aliphatic rings. The summed E-state index contributed by atoms with van der Waals surface area (Å²) in [5, 5.41) is 2.95. The first kappa shape index (κ1) is 30.9. The zero-order valence-corrected chi connectivity index (χ0v) is 25.2. The summed E-state index contributed by atoms with van der Waals surface area (Å²) in [7, 11) is -4.10. The Morgan fingerprint density at radius 3 is 2.12 bits per heavy atom. The molecule has 0 radical (unpaired) electrons. The third-order valence-electron chi connectivity index (χ3n) is 7.00. The number of benzene rings is 3. The van der Waals surface area contributed by atoms with Crippen LogP contribution in [-0.2, 0) is 26.2 Å². The van der Waals surface area contributed by atoms with Gasteiger partial charge in [0.1, 0.15) is 12.6 Å². The highest BCUT2D eigenvalue weighted by atomic mass is 32.2. The van der Waals surface area contributed by atoms with Crippen molar-refractivity contribution in [3.8, 4) is 0 Å². The molecule has 0 aliphatic heterocycles. The van der Waals surface area contributed by atoms with Crippen LogP contribution in [0.3, 0.4) is 0 Å². The maximum atomic E-state index is 14.1. The summed E-state index contributed by atoms with van der Waals surface area (Å²) in [5.41, 5.74) is 3.90. The van der Waals surface area contributed by atoms with Gasteiger partial charge >= 0.3 is 0 Å². The summed E-state index contributed by atoms with van der Waals surface area (Å²) < 4.78 is 29.3. The van der Waals surface area contributed by atoms with Gasteiger partial charge in [0.15, 0.2) is 0 Å². The van der Waals surface area contributed by atoms with Crippen LogP contribution in [0.15, 0.2) is 77.7 Å². The molecule has 3 rings (SSSR count). The van der Waals surface area contributed by atoms with Gasteiger partial charge in [-0.2, -0.15) is 0 Å². The predicted octanol–water partition coefficient (Wildman–Crippen LogP) is 5.39. The molecule has 7 nitrogen and oxygen atoms in total. The second kappa shape index (κ2) is 13.6. The van der Waals surface area contributed by atoms with Crippen molar-refractivity contribution < 1.29 is 18.0 Å². The van der Waals surface area contributed by atoms with E-state index in [-0.39, 0.29) is 23.3 Å². The number of sulfonamides is 1. The fourth-order valence-electron chi connectivity index (χ4n) is 4.48. The Labute approximate surface area is 239 Å². The van der Waals surface area contributed by atoms with Gasteiger partial charge in [0, 0.05) is 13.1 Å². The summed E-state index contributed by atoms with van der Waals surface area (Å²) in [4.78, 5) is 29.0. The van der Waals surface area contributed by atoms with Crippen LogP contribution >= 0.6 is 0 Å². The number of hydrogen-bond acceptors (Lipinski definition) is 4. The fraction of sp³-hybridized carbons (Fsp3) is 0.375. The van der Waals surface area contributed by atoms with E-state index in [1.165, 1.54) is 9.21 Å². The van der Waals surface area contributed by atoms with Gasteiger partial charge in [-0.1, -0.05) is 80.9 Å². The molecule has 8 heteroatoms. The van der Waals surface area contributed by atoms with Crippen LogP contribution in [0.2, 0.25) is 0 Å². The topological polar surface area (TPSA) is 86.8 Å². The summed E-state index contributed by atoms with van der Waals surface area (Å²) in [6.07, 6.45) is 0.386. The molecule has 0 fully saturated rings. The van der Waals surface area contributed by atoms with E-state index in [0.29, 0.717) is 18.7 Å². The first-order valence-electron chi connectivity index (χ1n) is 13.7. The lowest BCUT2D eigenvalue weighted by molar-refractivity contribution is -0.140. The molecule has 0 aliphatic carbocycles. The van der Waals surface area contributed by atoms with Crippen LogP contribution in [0.5, 0.6) is 0 Å². The van der Waals surface area contributed by atoms with Gasteiger partial charge < -0.3 is 10.2 Å². The molecule has 40 heavy (non-hydrogen) atoms. The minimum atomic E-state index is -4.10. The Kier molecular flexibility index (Phi) is 10.5. The number of carbonyl (C=O) groups is 2. The molecule has 2 amide bonds. The van der Waals surface area contributed by atoms with E-state index in [0.717, 1.165) is 22.3 Å². The lowest BCUT2D eigenvalue weighted by Gasteiger charge is -2.34. The van der Waals surface area contributed by atoms with Crippen molar-refractivity contribution in [1.82, 2.24) is 10.2 Å². The van der Waals surface area contributed by atoms with E-state index in [1.54, 1.807) is 36.4 Å². The smallest absolute Gasteiger partial charge is 0.264 e. The SMILES string of the molecule is CC[C@H](C(=O)NCC(C)C)N(Cc1ccccc1)C(=O)CN(c1cccc(C)c1C)S(=O)(=O)c1ccc(C)cc1. The average molecular weight is 564 g/mol. The molecule has 214 valence electrons. The normalized spacial score (nSPS) is 12.2. The van der Waals surface area contributed by atoms with Crippen LogP contribution in [-0.4, -0.2) is 44.3 Å². The van der Waals surface area contributed by atoms with E-state index in [2.05, 4.69) is 5.32 Å². The molecule has 3 aromatic carbocycles. The van der Waals surface area contributed by atoms with Gasteiger partial charge in [-0.25, -0.2) is 8.42 Å². The van der Waals surface area contributed by atoms with Gasteiger partial charge in [-0.3, -0.25) is 13.9 Å². The van der Waals surface area contributed by atoms with Gasteiger partial charge in [0.2, 0.25) is 11.8 Å². The fourth-order valence-corrected chi connectivity index (χ4v) is 5.95. The van der Waals surface area contributed by atoms with E-state index >= 15 is 0 Å². The second-order valence-electron chi connectivity index (χ2n) is 10.6. The average Bonchev–Trinajstić information content (AvgIpc) is 2.92. The number of nitrogens with zero attached hydrogens (tertiary/aromatic N) is 2. The van der Waals surface area contributed by atoms with Crippen LogP contribution in [0.4, 0.5) is 5.69 Å². The molecule has 0 saturated heterocycles. The Morgan fingerprint density at radius 1 is 0.875 bits per heavy atom. The standard InChI is InChI=1S/C32H41N3O4S/c1-7-29(32(37)33-20-23(2)3)34(21-27-13-9-8-10-14-27)31(36)22-35(30-15-11-12-25(5)26(30)6)40(38,39)28-18-16-24(4)17-19-28/h8-19,23,29H,7,20-22H2,1-6H3,(H,33,37)/t29-/m1/s1. The number of amides is 2. The van der Waals surface area contributed by atoms with Crippen LogP contribution < -0.4 is 9.62 Å². The van der Waals surface area contributed by atoms with Crippen molar-refractivity contribution in [1.29, 1.82) is 0 Å². The minimum absolute atomic E-state index is 0.100. The van der Waals surface area contributed by atoms with Crippen molar-refractivity contribution in [3.63, 3.8) is 0 Å². The number of nitrogens with one attached hydrogen (secondary N) is 1. The van der Waals surface area contributed by atoms with Crippen molar-refractivity contribution in [2.45, 2.75) is 65.4 Å².